The summed E-state index contributed by atoms with van der Waals surface area (Å²) in [4.78, 5) is 17.5. The molecule has 6 heteroatoms. The summed E-state index contributed by atoms with van der Waals surface area (Å²) in [6.07, 6.45) is 3.31. The van der Waals surface area contributed by atoms with E-state index in [9.17, 15) is 0 Å². The molecule has 3 heterocycles. The van der Waals surface area contributed by atoms with Crippen molar-refractivity contribution in [2.45, 2.75) is 6.92 Å². The van der Waals surface area contributed by atoms with E-state index in [1.54, 1.807) is 23.7 Å². The zero-order chi connectivity index (χ0) is 15.6. The number of rotatable bonds is 3. The van der Waals surface area contributed by atoms with E-state index >= 15 is 0 Å². The molecule has 0 aliphatic rings. The number of hydrogen-bond donors (Lipinski definition) is 1. The van der Waals surface area contributed by atoms with Crippen LogP contribution in [-0.4, -0.2) is 19.9 Å². The molecule has 5 nitrogen and oxygen atoms in total. The Morgan fingerprint density at radius 3 is 2.78 bits per heavy atom. The van der Waals surface area contributed by atoms with Gasteiger partial charge in [-0.3, -0.25) is 4.98 Å². The molecule has 3 aromatic heterocycles. The van der Waals surface area contributed by atoms with Gasteiger partial charge in [0.1, 0.15) is 16.3 Å². The van der Waals surface area contributed by atoms with Gasteiger partial charge in [-0.25, -0.2) is 15.0 Å². The first kappa shape index (κ1) is 13.8. The molecular formula is C17H13N5S. The predicted octanol–water partition coefficient (Wildman–Crippen LogP) is 4.20. The summed E-state index contributed by atoms with van der Waals surface area (Å²) in [5, 5.41) is 6.38. The third-order valence-corrected chi connectivity index (χ3v) is 4.34. The molecule has 112 valence electrons. The number of hydrogen-bond acceptors (Lipinski definition) is 6. The minimum absolute atomic E-state index is 0.629. The van der Waals surface area contributed by atoms with Crippen molar-refractivity contribution in [1.29, 1.82) is 0 Å². The second-order valence-corrected chi connectivity index (χ2v) is 5.95. The van der Waals surface area contributed by atoms with E-state index in [4.69, 9.17) is 0 Å². The van der Waals surface area contributed by atoms with Crippen LogP contribution in [0.25, 0.3) is 21.7 Å². The first-order valence-corrected chi connectivity index (χ1v) is 8.03. The van der Waals surface area contributed by atoms with E-state index in [1.165, 1.54) is 0 Å². The molecule has 0 saturated carbocycles. The van der Waals surface area contributed by atoms with Crippen molar-refractivity contribution in [2.75, 3.05) is 5.32 Å². The van der Waals surface area contributed by atoms with Crippen LogP contribution >= 0.6 is 11.3 Å². The fraction of sp³-hybridized carbons (Fsp3) is 0.0588. The molecule has 0 amide bonds. The van der Waals surface area contributed by atoms with Crippen LogP contribution in [0, 0.1) is 6.92 Å². The van der Waals surface area contributed by atoms with Crippen molar-refractivity contribution >= 4 is 34.0 Å². The Balaban J connectivity index is 1.65. The highest BCUT2D eigenvalue weighted by Gasteiger charge is 2.05. The molecule has 0 atom stereocenters. The maximum absolute atomic E-state index is 4.53. The van der Waals surface area contributed by atoms with Crippen LogP contribution in [0.4, 0.5) is 11.5 Å². The molecule has 0 aliphatic carbocycles. The molecule has 4 rings (SSSR count). The molecule has 0 unspecified atom stereocenters. The monoisotopic (exact) mass is 319 g/mol. The number of nitrogens with zero attached hydrogens (tertiary/aromatic N) is 4. The van der Waals surface area contributed by atoms with E-state index in [0.717, 1.165) is 33.3 Å². The number of pyridine rings is 1. The fourth-order valence-electron chi connectivity index (χ4n) is 2.29. The van der Waals surface area contributed by atoms with Crippen LogP contribution in [0.5, 0.6) is 0 Å². The van der Waals surface area contributed by atoms with Crippen LogP contribution in [-0.2, 0) is 0 Å². The summed E-state index contributed by atoms with van der Waals surface area (Å²) in [5.41, 5.74) is 4.51. The van der Waals surface area contributed by atoms with Gasteiger partial charge < -0.3 is 5.32 Å². The lowest BCUT2D eigenvalue weighted by molar-refractivity contribution is 1.22. The standard InChI is InChI=1S/C17H13N5S/c1-11-10-23-17(20-11)12-3-2-4-13(9-12)21-15-6-5-14-16(22-15)19-8-7-18-14/h2-10H,1H3,(H,19,21,22). The van der Waals surface area contributed by atoms with Crippen molar-refractivity contribution in [2.24, 2.45) is 0 Å². The lowest BCUT2D eigenvalue weighted by atomic mass is 10.2. The highest BCUT2D eigenvalue weighted by molar-refractivity contribution is 7.13. The molecule has 4 aromatic rings. The van der Waals surface area contributed by atoms with Gasteiger partial charge in [-0.05, 0) is 31.2 Å². The van der Waals surface area contributed by atoms with Gasteiger partial charge in [0, 0.05) is 34.7 Å². The summed E-state index contributed by atoms with van der Waals surface area (Å²) in [6.45, 7) is 2.00. The Bertz CT molecular complexity index is 979. The van der Waals surface area contributed by atoms with Crippen LogP contribution < -0.4 is 5.32 Å². The van der Waals surface area contributed by atoms with E-state index in [-0.39, 0.29) is 0 Å². The van der Waals surface area contributed by atoms with Gasteiger partial charge in [0.25, 0.3) is 0 Å². The van der Waals surface area contributed by atoms with Gasteiger partial charge in [-0.15, -0.1) is 11.3 Å². The predicted molar refractivity (Wildman–Crippen MR) is 92.9 cm³/mol. The summed E-state index contributed by atoms with van der Waals surface area (Å²) >= 11 is 1.65. The topological polar surface area (TPSA) is 63.6 Å². The molecule has 1 N–H and O–H groups in total. The van der Waals surface area contributed by atoms with Crippen LogP contribution in [0.15, 0.2) is 54.2 Å². The lowest BCUT2D eigenvalue weighted by Gasteiger charge is -2.07. The maximum atomic E-state index is 4.53. The molecule has 0 spiro atoms. The van der Waals surface area contributed by atoms with E-state index in [1.807, 2.05) is 31.2 Å². The van der Waals surface area contributed by atoms with Gasteiger partial charge in [-0.2, -0.15) is 0 Å². The third kappa shape index (κ3) is 2.89. The fourth-order valence-corrected chi connectivity index (χ4v) is 3.08. The van der Waals surface area contributed by atoms with E-state index in [2.05, 4.69) is 42.8 Å². The van der Waals surface area contributed by atoms with Gasteiger partial charge in [-0.1, -0.05) is 12.1 Å². The lowest BCUT2D eigenvalue weighted by Crippen LogP contribution is -1.95. The molecule has 23 heavy (non-hydrogen) atoms. The Hall–Kier alpha value is -2.86. The zero-order valence-electron chi connectivity index (χ0n) is 12.4. The molecule has 0 radical (unpaired) electrons. The molecular weight excluding hydrogens is 306 g/mol. The van der Waals surface area contributed by atoms with Crippen LogP contribution in [0.3, 0.4) is 0 Å². The number of fused-ring (bicyclic) bond motifs is 1. The van der Waals surface area contributed by atoms with Gasteiger partial charge in [0.15, 0.2) is 5.65 Å². The minimum Gasteiger partial charge on any atom is -0.340 e. The van der Waals surface area contributed by atoms with Crippen molar-refractivity contribution in [1.82, 2.24) is 19.9 Å². The van der Waals surface area contributed by atoms with Crippen molar-refractivity contribution < 1.29 is 0 Å². The average Bonchev–Trinajstić information content (AvgIpc) is 3.02. The van der Waals surface area contributed by atoms with Gasteiger partial charge in [0.05, 0.1) is 0 Å². The number of thiazole rings is 1. The number of nitrogens with one attached hydrogen (secondary N) is 1. The zero-order valence-corrected chi connectivity index (χ0v) is 13.2. The maximum Gasteiger partial charge on any atom is 0.180 e. The number of aromatic nitrogens is 4. The molecule has 0 aliphatic heterocycles. The van der Waals surface area contributed by atoms with Crippen LogP contribution in [0.2, 0.25) is 0 Å². The first-order valence-electron chi connectivity index (χ1n) is 7.15. The smallest absolute Gasteiger partial charge is 0.180 e. The van der Waals surface area contributed by atoms with Gasteiger partial charge in [0.2, 0.25) is 0 Å². The first-order chi connectivity index (χ1) is 11.3. The molecule has 0 saturated heterocycles. The summed E-state index contributed by atoms with van der Waals surface area (Å²) in [6, 6.07) is 12.0. The van der Waals surface area contributed by atoms with Gasteiger partial charge >= 0.3 is 0 Å². The average molecular weight is 319 g/mol. The Labute approximate surface area is 137 Å². The molecule has 1 aromatic carbocycles. The van der Waals surface area contributed by atoms with E-state index in [0.29, 0.717) is 5.65 Å². The Kier molecular flexibility index (Phi) is 3.44. The minimum atomic E-state index is 0.629. The largest absolute Gasteiger partial charge is 0.340 e. The van der Waals surface area contributed by atoms with Crippen molar-refractivity contribution in [3.05, 3.63) is 59.9 Å². The number of anilines is 2. The molecule has 0 fully saturated rings. The summed E-state index contributed by atoms with van der Waals surface area (Å²) < 4.78 is 0. The Morgan fingerprint density at radius 1 is 1.00 bits per heavy atom. The van der Waals surface area contributed by atoms with E-state index < -0.39 is 0 Å². The quantitative estimate of drug-likeness (QED) is 0.613. The number of aryl methyl sites for hydroxylation is 1. The third-order valence-electron chi connectivity index (χ3n) is 3.33. The highest BCUT2D eigenvalue weighted by atomic mass is 32.1. The SMILES string of the molecule is Cc1csc(-c2cccc(Nc3ccc4nccnc4n3)c2)n1. The summed E-state index contributed by atoms with van der Waals surface area (Å²) in [5.74, 6) is 0.741. The summed E-state index contributed by atoms with van der Waals surface area (Å²) in [7, 11) is 0. The van der Waals surface area contributed by atoms with Crippen molar-refractivity contribution in [3.63, 3.8) is 0 Å². The second kappa shape index (κ2) is 5.73. The molecule has 0 bridgehead atoms. The highest BCUT2D eigenvalue weighted by Crippen LogP contribution is 2.27. The van der Waals surface area contributed by atoms with Crippen molar-refractivity contribution in [3.8, 4) is 10.6 Å². The van der Waals surface area contributed by atoms with Crippen LogP contribution in [0.1, 0.15) is 5.69 Å². The second-order valence-electron chi connectivity index (χ2n) is 5.10. The number of benzene rings is 1. The normalized spacial score (nSPS) is 10.8. The Morgan fingerprint density at radius 2 is 1.91 bits per heavy atom.